The third-order valence-corrected chi connectivity index (χ3v) is 2.82. The average molecular weight is 207 g/mol. The lowest BCUT2D eigenvalue weighted by atomic mass is 9.99. The molecule has 0 aliphatic heterocycles. The summed E-state index contributed by atoms with van der Waals surface area (Å²) < 4.78 is 0. The lowest BCUT2D eigenvalue weighted by molar-refractivity contribution is 0.456. The van der Waals surface area contributed by atoms with Gasteiger partial charge in [0.15, 0.2) is 0 Å². The second-order valence-corrected chi connectivity index (χ2v) is 4.10. The van der Waals surface area contributed by atoms with E-state index in [0.717, 1.165) is 23.6 Å². The van der Waals surface area contributed by atoms with Gasteiger partial charge in [0, 0.05) is 23.3 Å². The highest BCUT2D eigenvalue weighted by Gasteiger charge is 2.18. The van der Waals surface area contributed by atoms with E-state index in [4.69, 9.17) is 0 Å². The molecule has 0 aromatic carbocycles. The fraction of sp³-hybridized carbons (Fsp3) is 0.667. The van der Waals surface area contributed by atoms with E-state index < -0.39 is 0 Å². The second kappa shape index (κ2) is 5.21. The van der Waals surface area contributed by atoms with Gasteiger partial charge in [-0.2, -0.15) is 0 Å². The summed E-state index contributed by atoms with van der Waals surface area (Å²) in [4.78, 5) is 9.00. The van der Waals surface area contributed by atoms with E-state index in [-0.39, 0.29) is 0 Å². The van der Waals surface area contributed by atoms with Crippen molar-refractivity contribution in [2.75, 3.05) is 7.05 Å². The molecule has 2 atom stereocenters. The molecule has 0 saturated heterocycles. The highest BCUT2D eigenvalue weighted by Crippen LogP contribution is 2.18. The van der Waals surface area contributed by atoms with Gasteiger partial charge in [-0.25, -0.2) is 9.97 Å². The Hall–Kier alpha value is -0.960. The van der Waals surface area contributed by atoms with Crippen LogP contribution < -0.4 is 5.32 Å². The predicted molar refractivity (Wildman–Crippen MR) is 63.1 cm³/mol. The summed E-state index contributed by atoms with van der Waals surface area (Å²) in [5.74, 6) is 1.31. The molecule has 0 bridgehead atoms. The number of rotatable bonds is 4. The highest BCUT2D eigenvalue weighted by molar-refractivity contribution is 5.11. The van der Waals surface area contributed by atoms with E-state index in [2.05, 4.69) is 29.1 Å². The van der Waals surface area contributed by atoms with Crippen molar-refractivity contribution in [1.82, 2.24) is 15.3 Å². The second-order valence-electron chi connectivity index (χ2n) is 4.10. The minimum Gasteiger partial charge on any atom is -0.316 e. The van der Waals surface area contributed by atoms with Gasteiger partial charge < -0.3 is 5.32 Å². The van der Waals surface area contributed by atoms with E-state index in [0.29, 0.717) is 12.0 Å². The highest BCUT2D eigenvalue weighted by atomic mass is 14.9. The summed E-state index contributed by atoms with van der Waals surface area (Å²) in [7, 11) is 1.99. The summed E-state index contributed by atoms with van der Waals surface area (Å²) in [6.07, 6.45) is 1.09. The molecular weight excluding hydrogens is 186 g/mol. The molecule has 0 saturated carbocycles. The van der Waals surface area contributed by atoms with Gasteiger partial charge in [0.05, 0.1) is 0 Å². The molecule has 0 fully saturated rings. The van der Waals surface area contributed by atoms with Crippen LogP contribution in [-0.2, 0) is 0 Å². The molecule has 0 radical (unpaired) electrons. The van der Waals surface area contributed by atoms with Crippen LogP contribution in [0.2, 0.25) is 0 Å². The quantitative estimate of drug-likeness (QED) is 0.822. The Morgan fingerprint density at radius 3 is 2.20 bits per heavy atom. The van der Waals surface area contributed by atoms with E-state index in [1.807, 2.05) is 27.0 Å². The number of nitrogens with one attached hydrogen (secondary N) is 1. The first-order valence-corrected chi connectivity index (χ1v) is 5.58. The van der Waals surface area contributed by atoms with Gasteiger partial charge in [0.1, 0.15) is 5.82 Å². The smallest absolute Gasteiger partial charge is 0.133 e. The SMILES string of the molecule is CCC(NC)C(C)c1nc(C)cc(C)n1. The van der Waals surface area contributed by atoms with Gasteiger partial charge in [-0.15, -0.1) is 0 Å². The van der Waals surface area contributed by atoms with Crippen molar-refractivity contribution in [2.24, 2.45) is 0 Å². The van der Waals surface area contributed by atoms with Crippen molar-refractivity contribution in [3.05, 3.63) is 23.3 Å². The van der Waals surface area contributed by atoms with E-state index in [1.165, 1.54) is 0 Å². The molecular formula is C12H21N3. The molecule has 3 nitrogen and oxygen atoms in total. The van der Waals surface area contributed by atoms with Crippen molar-refractivity contribution in [1.29, 1.82) is 0 Å². The minimum absolute atomic E-state index is 0.360. The molecule has 1 heterocycles. The van der Waals surface area contributed by atoms with Crippen LogP contribution in [0.15, 0.2) is 6.07 Å². The molecule has 1 aromatic heterocycles. The molecule has 0 aliphatic carbocycles. The van der Waals surface area contributed by atoms with Gasteiger partial charge in [-0.05, 0) is 33.4 Å². The van der Waals surface area contributed by atoms with Crippen LogP contribution in [0.1, 0.15) is 43.4 Å². The number of nitrogens with zero attached hydrogens (tertiary/aromatic N) is 2. The van der Waals surface area contributed by atoms with Crippen LogP contribution in [0.3, 0.4) is 0 Å². The third kappa shape index (κ3) is 2.99. The summed E-state index contributed by atoms with van der Waals surface area (Å²) in [6, 6.07) is 2.46. The molecule has 15 heavy (non-hydrogen) atoms. The Morgan fingerprint density at radius 1 is 1.27 bits per heavy atom. The molecule has 1 aromatic rings. The molecule has 84 valence electrons. The zero-order valence-electron chi connectivity index (χ0n) is 10.3. The van der Waals surface area contributed by atoms with Gasteiger partial charge in [-0.3, -0.25) is 0 Å². The van der Waals surface area contributed by atoms with Crippen LogP contribution in [0.4, 0.5) is 0 Å². The Bertz CT molecular complexity index is 298. The van der Waals surface area contributed by atoms with Crippen molar-refractivity contribution < 1.29 is 0 Å². The molecule has 3 heteroatoms. The summed E-state index contributed by atoms with van der Waals surface area (Å²) in [5.41, 5.74) is 2.10. The molecule has 1 N–H and O–H groups in total. The average Bonchev–Trinajstić information content (AvgIpc) is 2.18. The molecule has 0 amide bonds. The van der Waals surface area contributed by atoms with Crippen LogP contribution in [0, 0.1) is 13.8 Å². The number of hydrogen-bond acceptors (Lipinski definition) is 3. The van der Waals surface area contributed by atoms with E-state index in [1.54, 1.807) is 0 Å². The van der Waals surface area contributed by atoms with Crippen LogP contribution in [0.25, 0.3) is 0 Å². The fourth-order valence-electron chi connectivity index (χ4n) is 1.94. The summed E-state index contributed by atoms with van der Waals surface area (Å²) >= 11 is 0. The molecule has 0 aliphatic rings. The van der Waals surface area contributed by atoms with E-state index >= 15 is 0 Å². The first kappa shape index (κ1) is 12.1. The van der Waals surface area contributed by atoms with Crippen LogP contribution in [0.5, 0.6) is 0 Å². The van der Waals surface area contributed by atoms with Gasteiger partial charge >= 0.3 is 0 Å². The van der Waals surface area contributed by atoms with Gasteiger partial charge in [0.2, 0.25) is 0 Å². The van der Waals surface area contributed by atoms with Crippen molar-refractivity contribution in [3.63, 3.8) is 0 Å². The normalized spacial score (nSPS) is 15.0. The predicted octanol–water partition coefficient (Wildman–Crippen LogP) is 2.19. The number of likely N-dealkylation sites (N-methyl/N-ethyl adjacent to an activating group) is 1. The maximum Gasteiger partial charge on any atom is 0.133 e. The van der Waals surface area contributed by atoms with Gasteiger partial charge in [-0.1, -0.05) is 13.8 Å². The molecule has 0 spiro atoms. The number of hydrogen-bond donors (Lipinski definition) is 1. The molecule has 2 unspecified atom stereocenters. The lowest BCUT2D eigenvalue weighted by Crippen LogP contribution is -2.31. The molecule has 1 rings (SSSR count). The lowest BCUT2D eigenvalue weighted by Gasteiger charge is -2.21. The minimum atomic E-state index is 0.360. The Kier molecular flexibility index (Phi) is 4.21. The summed E-state index contributed by atoms with van der Waals surface area (Å²) in [6.45, 7) is 8.40. The maximum atomic E-state index is 4.50. The van der Waals surface area contributed by atoms with E-state index in [9.17, 15) is 0 Å². The monoisotopic (exact) mass is 207 g/mol. The Labute approximate surface area is 92.3 Å². The maximum absolute atomic E-state index is 4.50. The van der Waals surface area contributed by atoms with Crippen molar-refractivity contribution in [3.8, 4) is 0 Å². The largest absolute Gasteiger partial charge is 0.316 e. The standard InChI is InChI=1S/C12H21N3/c1-6-11(13-5)10(4)12-14-8(2)7-9(3)15-12/h7,10-11,13H,6H2,1-5H3. The van der Waals surface area contributed by atoms with Crippen molar-refractivity contribution >= 4 is 0 Å². The van der Waals surface area contributed by atoms with Gasteiger partial charge in [0.25, 0.3) is 0 Å². The zero-order valence-corrected chi connectivity index (χ0v) is 10.3. The first-order chi connectivity index (χ1) is 7.08. The Balaban J connectivity index is 2.94. The number of aromatic nitrogens is 2. The summed E-state index contributed by atoms with van der Waals surface area (Å²) in [5, 5.41) is 3.31. The Morgan fingerprint density at radius 2 is 1.80 bits per heavy atom. The van der Waals surface area contributed by atoms with Crippen molar-refractivity contribution in [2.45, 2.75) is 46.1 Å². The van der Waals surface area contributed by atoms with Crippen LogP contribution in [-0.4, -0.2) is 23.1 Å². The first-order valence-electron chi connectivity index (χ1n) is 5.58. The number of aryl methyl sites for hydroxylation is 2. The fourth-order valence-corrected chi connectivity index (χ4v) is 1.94. The topological polar surface area (TPSA) is 37.8 Å². The zero-order chi connectivity index (χ0) is 11.4. The third-order valence-electron chi connectivity index (χ3n) is 2.82. The van der Waals surface area contributed by atoms with Crippen LogP contribution >= 0.6 is 0 Å².